The zero-order valence-electron chi connectivity index (χ0n) is 7.49. The summed E-state index contributed by atoms with van der Waals surface area (Å²) < 4.78 is 24.2. The largest absolute Gasteiger partial charge is 0.465 e. The molecule has 1 rings (SSSR count). The van der Waals surface area contributed by atoms with Crippen molar-refractivity contribution in [3.8, 4) is 0 Å². The first-order valence-electron chi connectivity index (χ1n) is 3.65. The van der Waals surface area contributed by atoms with Crippen LogP contribution in [0, 0.1) is 0 Å². The summed E-state index contributed by atoms with van der Waals surface area (Å²) in [4.78, 5) is 11.1. The highest BCUT2D eigenvalue weighted by Crippen LogP contribution is 2.28. The second kappa shape index (κ2) is 4.94. The third kappa shape index (κ3) is 2.69. The zero-order valence-corrected chi connectivity index (χ0v) is 9.82. The standard InChI is InChI=1S/C8H6Cl2O4S/c1-14-8(11)5-2-4(9)3-6(7(5)10)15(12)13/h2-3H,1H3,(H,12,13). The van der Waals surface area contributed by atoms with Gasteiger partial charge in [-0.05, 0) is 12.1 Å². The zero-order chi connectivity index (χ0) is 11.6. The minimum absolute atomic E-state index is 0.0379. The van der Waals surface area contributed by atoms with E-state index < -0.39 is 17.0 Å². The summed E-state index contributed by atoms with van der Waals surface area (Å²) in [5.41, 5.74) is -0.0379. The Morgan fingerprint density at radius 3 is 2.53 bits per heavy atom. The van der Waals surface area contributed by atoms with E-state index in [1.807, 2.05) is 0 Å². The van der Waals surface area contributed by atoms with Gasteiger partial charge in [0.15, 0.2) is 11.1 Å². The summed E-state index contributed by atoms with van der Waals surface area (Å²) in [6, 6.07) is 2.48. The summed E-state index contributed by atoms with van der Waals surface area (Å²) in [5, 5.41) is 0.00397. The molecule has 82 valence electrons. The molecular formula is C8H6Cl2O4S. The van der Waals surface area contributed by atoms with E-state index in [-0.39, 0.29) is 20.5 Å². The van der Waals surface area contributed by atoms with Gasteiger partial charge in [0.25, 0.3) is 0 Å². The fourth-order valence-electron chi connectivity index (χ4n) is 0.950. The molecule has 0 amide bonds. The van der Waals surface area contributed by atoms with Gasteiger partial charge in [-0.3, -0.25) is 0 Å². The summed E-state index contributed by atoms with van der Waals surface area (Å²) in [6.45, 7) is 0. The maximum absolute atomic E-state index is 11.2. The van der Waals surface area contributed by atoms with Crippen LogP contribution >= 0.6 is 23.2 Å². The van der Waals surface area contributed by atoms with Gasteiger partial charge in [0.05, 0.1) is 22.6 Å². The van der Waals surface area contributed by atoms with Crippen LogP contribution in [0.25, 0.3) is 0 Å². The summed E-state index contributed by atoms with van der Waals surface area (Å²) >= 11 is 9.09. The van der Waals surface area contributed by atoms with Gasteiger partial charge in [0.2, 0.25) is 0 Å². The molecule has 7 heteroatoms. The lowest BCUT2D eigenvalue weighted by Crippen LogP contribution is -2.04. The molecule has 0 fully saturated rings. The Kier molecular flexibility index (Phi) is 4.10. The average Bonchev–Trinajstić information content (AvgIpc) is 2.19. The fraction of sp³-hybridized carbons (Fsp3) is 0.125. The number of methoxy groups -OCH3 is 1. The van der Waals surface area contributed by atoms with Crippen molar-refractivity contribution < 1.29 is 18.3 Å². The van der Waals surface area contributed by atoms with Crippen LogP contribution in [-0.2, 0) is 15.8 Å². The van der Waals surface area contributed by atoms with E-state index in [0.717, 1.165) is 0 Å². The highest BCUT2D eigenvalue weighted by molar-refractivity contribution is 7.79. The lowest BCUT2D eigenvalue weighted by atomic mass is 10.2. The first kappa shape index (κ1) is 12.4. The first-order chi connectivity index (χ1) is 6.97. The molecule has 0 bridgehead atoms. The van der Waals surface area contributed by atoms with Crippen molar-refractivity contribution in [2.45, 2.75) is 4.90 Å². The predicted molar refractivity (Wildman–Crippen MR) is 56.8 cm³/mol. The Hall–Kier alpha value is -0.620. The van der Waals surface area contributed by atoms with Gasteiger partial charge >= 0.3 is 5.97 Å². The van der Waals surface area contributed by atoms with Gasteiger partial charge in [0, 0.05) is 5.02 Å². The van der Waals surface area contributed by atoms with E-state index in [0.29, 0.717) is 0 Å². The van der Waals surface area contributed by atoms with Gasteiger partial charge in [-0.15, -0.1) is 0 Å². The molecule has 0 aliphatic carbocycles. The molecule has 1 N–H and O–H groups in total. The Labute approximate surface area is 98.4 Å². The number of carbonyl (C=O) groups excluding carboxylic acids is 1. The number of hydrogen-bond acceptors (Lipinski definition) is 3. The second-order valence-electron chi connectivity index (χ2n) is 2.51. The topological polar surface area (TPSA) is 63.6 Å². The summed E-state index contributed by atoms with van der Waals surface area (Å²) in [7, 11) is 1.18. The number of ether oxygens (including phenoxy) is 1. The fourth-order valence-corrected chi connectivity index (χ4v) is 2.11. The molecule has 0 aliphatic rings. The van der Waals surface area contributed by atoms with Crippen LogP contribution in [0.1, 0.15) is 10.4 Å². The molecule has 15 heavy (non-hydrogen) atoms. The quantitative estimate of drug-likeness (QED) is 0.661. The molecule has 0 heterocycles. The number of carbonyl (C=O) groups is 1. The van der Waals surface area contributed by atoms with Crippen molar-refractivity contribution >= 4 is 40.3 Å². The Balaban J connectivity index is 3.41. The van der Waals surface area contributed by atoms with Crippen LogP contribution in [0.15, 0.2) is 17.0 Å². The second-order valence-corrected chi connectivity index (χ2v) is 4.26. The van der Waals surface area contributed by atoms with Crippen molar-refractivity contribution in [1.82, 2.24) is 0 Å². The van der Waals surface area contributed by atoms with Gasteiger partial charge in [-0.25, -0.2) is 9.00 Å². The molecular weight excluding hydrogens is 263 g/mol. The molecule has 0 aromatic heterocycles. The number of esters is 1. The van der Waals surface area contributed by atoms with Crippen LogP contribution in [0.4, 0.5) is 0 Å². The van der Waals surface area contributed by atoms with Gasteiger partial charge in [0.1, 0.15) is 0 Å². The van der Waals surface area contributed by atoms with Crippen molar-refractivity contribution in [2.24, 2.45) is 0 Å². The van der Waals surface area contributed by atoms with Crippen molar-refractivity contribution in [1.29, 1.82) is 0 Å². The lowest BCUT2D eigenvalue weighted by molar-refractivity contribution is 0.0600. The molecule has 0 aliphatic heterocycles. The Morgan fingerprint density at radius 2 is 2.07 bits per heavy atom. The van der Waals surface area contributed by atoms with E-state index in [1.165, 1.54) is 19.2 Å². The third-order valence-electron chi connectivity index (χ3n) is 1.60. The molecule has 0 saturated heterocycles. The molecule has 4 nitrogen and oxygen atoms in total. The van der Waals surface area contributed by atoms with Crippen molar-refractivity contribution in [3.63, 3.8) is 0 Å². The smallest absolute Gasteiger partial charge is 0.339 e. The van der Waals surface area contributed by atoms with E-state index in [9.17, 15) is 9.00 Å². The van der Waals surface area contributed by atoms with E-state index >= 15 is 0 Å². The van der Waals surface area contributed by atoms with Crippen molar-refractivity contribution in [2.75, 3.05) is 7.11 Å². The van der Waals surface area contributed by atoms with Crippen LogP contribution < -0.4 is 0 Å². The van der Waals surface area contributed by atoms with Gasteiger partial charge in [-0.2, -0.15) is 0 Å². The number of hydrogen-bond donors (Lipinski definition) is 1. The Bertz CT molecular complexity index is 433. The predicted octanol–water partition coefficient (Wildman–Crippen LogP) is 2.36. The number of benzene rings is 1. The molecule has 1 aromatic rings. The summed E-state index contributed by atoms with van der Waals surface area (Å²) in [6.07, 6.45) is 0. The highest BCUT2D eigenvalue weighted by atomic mass is 35.5. The SMILES string of the molecule is COC(=O)c1cc(Cl)cc(S(=O)O)c1Cl. The molecule has 0 spiro atoms. The van der Waals surface area contributed by atoms with Crippen LogP contribution in [0.3, 0.4) is 0 Å². The average molecular weight is 269 g/mol. The van der Waals surface area contributed by atoms with Crippen LogP contribution in [0.5, 0.6) is 0 Å². The minimum atomic E-state index is -2.30. The monoisotopic (exact) mass is 268 g/mol. The highest BCUT2D eigenvalue weighted by Gasteiger charge is 2.18. The summed E-state index contributed by atoms with van der Waals surface area (Å²) in [5.74, 6) is -0.714. The van der Waals surface area contributed by atoms with Crippen LogP contribution in [-0.4, -0.2) is 21.8 Å². The van der Waals surface area contributed by atoms with Gasteiger partial charge < -0.3 is 9.29 Å². The van der Waals surface area contributed by atoms with Crippen LogP contribution in [0.2, 0.25) is 10.0 Å². The Morgan fingerprint density at radius 1 is 1.47 bits per heavy atom. The normalized spacial score (nSPS) is 12.3. The van der Waals surface area contributed by atoms with E-state index in [4.69, 9.17) is 27.8 Å². The van der Waals surface area contributed by atoms with E-state index in [2.05, 4.69) is 4.74 Å². The lowest BCUT2D eigenvalue weighted by Gasteiger charge is -2.06. The number of halogens is 2. The molecule has 1 atom stereocenters. The molecule has 0 radical (unpaired) electrons. The van der Waals surface area contributed by atoms with E-state index in [1.54, 1.807) is 0 Å². The third-order valence-corrected chi connectivity index (χ3v) is 3.03. The molecule has 1 unspecified atom stereocenters. The molecule has 1 aromatic carbocycles. The number of rotatable bonds is 2. The maximum Gasteiger partial charge on any atom is 0.339 e. The minimum Gasteiger partial charge on any atom is -0.465 e. The molecule has 0 saturated carbocycles. The van der Waals surface area contributed by atoms with Crippen molar-refractivity contribution in [3.05, 3.63) is 27.7 Å². The first-order valence-corrected chi connectivity index (χ1v) is 5.52. The van der Waals surface area contributed by atoms with Gasteiger partial charge in [-0.1, -0.05) is 23.2 Å². The maximum atomic E-state index is 11.2.